The van der Waals surface area contributed by atoms with E-state index in [2.05, 4.69) is 5.32 Å². The van der Waals surface area contributed by atoms with Crippen molar-refractivity contribution in [2.45, 2.75) is 25.9 Å². The van der Waals surface area contributed by atoms with Gasteiger partial charge in [-0.25, -0.2) is 0 Å². The number of hydrogen-bond donors (Lipinski definition) is 2. The van der Waals surface area contributed by atoms with Crippen molar-refractivity contribution in [3.63, 3.8) is 0 Å². The Balaban J connectivity index is 2.26. The number of aliphatic hydroxyl groups excluding tert-OH is 1. The molecule has 0 bridgehead atoms. The first-order chi connectivity index (χ1) is 7.72. The SMILES string of the molecule is CCCC(O)CNC(=O)/C=C/c1ccco1. The molecule has 1 aromatic rings. The molecule has 1 unspecified atom stereocenters. The van der Waals surface area contributed by atoms with Gasteiger partial charge in [0.1, 0.15) is 5.76 Å². The zero-order chi connectivity index (χ0) is 11.8. The lowest BCUT2D eigenvalue weighted by Gasteiger charge is -2.08. The Bertz CT molecular complexity index is 330. The Morgan fingerprint density at radius 2 is 2.50 bits per heavy atom. The second kappa shape index (κ2) is 6.85. The van der Waals surface area contributed by atoms with Gasteiger partial charge >= 0.3 is 0 Å². The van der Waals surface area contributed by atoms with Crippen LogP contribution in [-0.4, -0.2) is 23.7 Å². The summed E-state index contributed by atoms with van der Waals surface area (Å²) in [7, 11) is 0. The van der Waals surface area contributed by atoms with Crippen LogP contribution in [0.3, 0.4) is 0 Å². The number of hydrogen-bond acceptors (Lipinski definition) is 3. The summed E-state index contributed by atoms with van der Waals surface area (Å²) >= 11 is 0. The van der Waals surface area contributed by atoms with E-state index < -0.39 is 6.10 Å². The minimum Gasteiger partial charge on any atom is -0.465 e. The molecule has 0 aliphatic rings. The second-order valence-corrected chi connectivity index (χ2v) is 3.54. The molecule has 0 spiro atoms. The van der Waals surface area contributed by atoms with E-state index in [1.54, 1.807) is 24.5 Å². The monoisotopic (exact) mass is 223 g/mol. The van der Waals surface area contributed by atoms with E-state index in [4.69, 9.17) is 4.42 Å². The molecule has 1 rings (SSSR count). The number of furan rings is 1. The molecule has 0 saturated carbocycles. The molecule has 1 atom stereocenters. The minimum atomic E-state index is -0.467. The van der Waals surface area contributed by atoms with Gasteiger partial charge in [-0.3, -0.25) is 4.79 Å². The van der Waals surface area contributed by atoms with Gasteiger partial charge in [-0.15, -0.1) is 0 Å². The third-order valence-corrected chi connectivity index (χ3v) is 2.08. The Kier molecular flexibility index (Phi) is 5.36. The summed E-state index contributed by atoms with van der Waals surface area (Å²) in [5.41, 5.74) is 0. The lowest BCUT2D eigenvalue weighted by atomic mass is 10.2. The van der Waals surface area contributed by atoms with Crippen molar-refractivity contribution in [1.29, 1.82) is 0 Å². The predicted octanol–water partition coefficient (Wildman–Crippen LogP) is 1.57. The first kappa shape index (κ1) is 12.5. The van der Waals surface area contributed by atoms with Crippen molar-refractivity contribution in [3.8, 4) is 0 Å². The Hall–Kier alpha value is -1.55. The summed E-state index contributed by atoms with van der Waals surface area (Å²) in [6.45, 7) is 2.27. The van der Waals surface area contributed by atoms with E-state index in [-0.39, 0.29) is 12.5 Å². The van der Waals surface area contributed by atoms with Gasteiger partial charge in [0, 0.05) is 12.6 Å². The lowest BCUT2D eigenvalue weighted by molar-refractivity contribution is -0.116. The van der Waals surface area contributed by atoms with Crippen molar-refractivity contribution < 1.29 is 14.3 Å². The highest BCUT2D eigenvalue weighted by Crippen LogP contribution is 2.01. The molecule has 0 aromatic carbocycles. The fraction of sp³-hybridized carbons (Fsp3) is 0.417. The highest BCUT2D eigenvalue weighted by Gasteiger charge is 2.03. The second-order valence-electron chi connectivity index (χ2n) is 3.54. The number of carbonyl (C=O) groups excluding carboxylic acids is 1. The van der Waals surface area contributed by atoms with E-state index in [0.29, 0.717) is 12.2 Å². The molecule has 4 heteroatoms. The van der Waals surface area contributed by atoms with E-state index in [9.17, 15) is 9.90 Å². The molecular weight excluding hydrogens is 206 g/mol. The van der Waals surface area contributed by atoms with Crippen LogP contribution >= 0.6 is 0 Å². The lowest BCUT2D eigenvalue weighted by Crippen LogP contribution is -2.30. The standard InChI is InChI=1S/C12H17NO3/c1-2-4-10(14)9-13-12(15)7-6-11-5-3-8-16-11/h3,5-8,10,14H,2,4,9H2,1H3,(H,13,15)/b7-6+. The van der Waals surface area contributed by atoms with Gasteiger partial charge in [0.05, 0.1) is 12.4 Å². The topological polar surface area (TPSA) is 62.5 Å². The van der Waals surface area contributed by atoms with E-state index in [0.717, 1.165) is 6.42 Å². The van der Waals surface area contributed by atoms with Crippen LogP contribution in [0.25, 0.3) is 6.08 Å². The van der Waals surface area contributed by atoms with Gasteiger partial charge in [0.15, 0.2) is 0 Å². The summed E-state index contributed by atoms with van der Waals surface area (Å²) in [4.78, 5) is 11.3. The molecule has 0 saturated heterocycles. The number of aliphatic hydroxyl groups is 1. The van der Waals surface area contributed by atoms with Gasteiger partial charge in [-0.05, 0) is 24.6 Å². The third-order valence-electron chi connectivity index (χ3n) is 2.08. The van der Waals surface area contributed by atoms with Gasteiger partial charge < -0.3 is 14.8 Å². The van der Waals surface area contributed by atoms with Crippen LogP contribution in [0.4, 0.5) is 0 Å². The first-order valence-corrected chi connectivity index (χ1v) is 5.40. The zero-order valence-electron chi connectivity index (χ0n) is 9.35. The van der Waals surface area contributed by atoms with Crippen LogP contribution in [-0.2, 0) is 4.79 Å². The zero-order valence-corrected chi connectivity index (χ0v) is 9.35. The summed E-state index contributed by atoms with van der Waals surface area (Å²) in [5, 5.41) is 12.0. The maximum atomic E-state index is 11.3. The van der Waals surface area contributed by atoms with E-state index in [1.807, 2.05) is 6.92 Å². The summed E-state index contributed by atoms with van der Waals surface area (Å²) in [6.07, 6.45) is 5.65. The molecule has 1 amide bonds. The smallest absolute Gasteiger partial charge is 0.244 e. The number of rotatable bonds is 6. The molecule has 0 radical (unpaired) electrons. The molecule has 2 N–H and O–H groups in total. The van der Waals surface area contributed by atoms with Crippen molar-refractivity contribution in [2.75, 3.05) is 6.54 Å². The van der Waals surface area contributed by atoms with Crippen molar-refractivity contribution in [2.24, 2.45) is 0 Å². The molecule has 0 aliphatic heterocycles. The van der Waals surface area contributed by atoms with Crippen LogP contribution in [0.5, 0.6) is 0 Å². The Morgan fingerprint density at radius 3 is 3.12 bits per heavy atom. The Morgan fingerprint density at radius 1 is 1.69 bits per heavy atom. The molecule has 0 fully saturated rings. The molecule has 1 heterocycles. The highest BCUT2D eigenvalue weighted by molar-refractivity contribution is 5.91. The average Bonchev–Trinajstić information content (AvgIpc) is 2.77. The van der Waals surface area contributed by atoms with Crippen LogP contribution in [0.1, 0.15) is 25.5 Å². The fourth-order valence-corrected chi connectivity index (χ4v) is 1.26. The summed E-state index contributed by atoms with van der Waals surface area (Å²) < 4.78 is 5.03. The normalized spacial score (nSPS) is 12.9. The molecule has 1 aromatic heterocycles. The molecule has 88 valence electrons. The molecule has 0 aliphatic carbocycles. The quantitative estimate of drug-likeness (QED) is 0.719. The molecule has 16 heavy (non-hydrogen) atoms. The first-order valence-electron chi connectivity index (χ1n) is 5.40. The van der Waals surface area contributed by atoms with Crippen molar-refractivity contribution in [3.05, 3.63) is 30.2 Å². The summed E-state index contributed by atoms with van der Waals surface area (Å²) in [6, 6.07) is 3.51. The predicted molar refractivity (Wildman–Crippen MR) is 61.7 cm³/mol. The number of nitrogens with one attached hydrogen (secondary N) is 1. The largest absolute Gasteiger partial charge is 0.465 e. The summed E-state index contributed by atoms with van der Waals surface area (Å²) in [5.74, 6) is 0.399. The average molecular weight is 223 g/mol. The minimum absolute atomic E-state index is 0.230. The van der Waals surface area contributed by atoms with Crippen LogP contribution in [0.2, 0.25) is 0 Å². The van der Waals surface area contributed by atoms with Gasteiger partial charge in [0.2, 0.25) is 5.91 Å². The molecular formula is C12H17NO3. The van der Waals surface area contributed by atoms with Crippen LogP contribution in [0.15, 0.2) is 28.9 Å². The number of carbonyl (C=O) groups is 1. The third kappa shape index (κ3) is 4.79. The van der Waals surface area contributed by atoms with E-state index in [1.165, 1.54) is 6.08 Å². The van der Waals surface area contributed by atoms with Gasteiger partial charge in [-0.2, -0.15) is 0 Å². The van der Waals surface area contributed by atoms with Crippen molar-refractivity contribution in [1.82, 2.24) is 5.32 Å². The fourth-order valence-electron chi connectivity index (χ4n) is 1.26. The van der Waals surface area contributed by atoms with Gasteiger partial charge in [-0.1, -0.05) is 13.3 Å². The van der Waals surface area contributed by atoms with E-state index >= 15 is 0 Å². The Labute approximate surface area is 95.0 Å². The van der Waals surface area contributed by atoms with Gasteiger partial charge in [0.25, 0.3) is 0 Å². The molecule has 4 nitrogen and oxygen atoms in total. The maximum Gasteiger partial charge on any atom is 0.244 e. The highest BCUT2D eigenvalue weighted by atomic mass is 16.3. The van der Waals surface area contributed by atoms with Crippen molar-refractivity contribution >= 4 is 12.0 Å². The van der Waals surface area contributed by atoms with Crippen LogP contribution < -0.4 is 5.32 Å². The van der Waals surface area contributed by atoms with Crippen LogP contribution in [0, 0.1) is 0 Å². The number of amides is 1. The maximum absolute atomic E-state index is 11.3.